The van der Waals surface area contributed by atoms with Crippen molar-refractivity contribution >= 4 is 5.78 Å². The number of hydrogen-bond donors (Lipinski definition) is 1. The van der Waals surface area contributed by atoms with Crippen molar-refractivity contribution in [1.29, 1.82) is 0 Å². The van der Waals surface area contributed by atoms with Crippen LogP contribution < -0.4 is 0 Å². The third-order valence-electron chi connectivity index (χ3n) is 3.51. The second kappa shape index (κ2) is 5.24. The topological polar surface area (TPSA) is 46.5 Å². The van der Waals surface area contributed by atoms with Gasteiger partial charge in [-0.15, -0.1) is 0 Å². The lowest BCUT2D eigenvalue weighted by Crippen LogP contribution is -2.42. The van der Waals surface area contributed by atoms with Crippen LogP contribution in [0.2, 0.25) is 0 Å². The van der Waals surface area contributed by atoms with Crippen molar-refractivity contribution < 1.29 is 41.0 Å². The van der Waals surface area contributed by atoms with Gasteiger partial charge in [0, 0.05) is 12.7 Å². The van der Waals surface area contributed by atoms with Gasteiger partial charge in [-0.1, -0.05) is 6.07 Å². The fourth-order valence-electron chi connectivity index (χ4n) is 2.51. The van der Waals surface area contributed by atoms with Gasteiger partial charge in [0.2, 0.25) is 0 Å². The van der Waals surface area contributed by atoms with E-state index in [-0.39, 0.29) is 5.56 Å². The molecule has 2 rings (SSSR count). The zero-order chi connectivity index (χ0) is 16.9. The summed E-state index contributed by atoms with van der Waals surface area (Å²) < 4.78 is 80.6. The lowest BCUT2D eigenvalue weighted by molar-refractivity contribution is -0.230. The molecule has 9 heteroatoms. The highest BCUT2D eigenvalue weighted by Crippen LogP contribution is 2.44. The summed E-state index contributed by atoms with van der Waals surface area (Å²) in [5.41, 5.74) is -1.99. The maximum atomic E-state index is 12.8. The molecule has 1 aliphatic carbocycles. The van der Waals surface area contributed by atoms with E-state index in [1.807, 2.05) is 0 Å². The molecule has 122 valence electrons. The first-order valence-corrected chi connectivity index (χ1v) is 6.01. The molecule has 3 unspecified atom stereocenters. The minimum Gasteiger partial charge on any atom is -0.388 e. The van der Waals surface area contributed by atoms with E-state index in [2.05, 4.69) is 4.74 Å². The van der Waals surface area contributed by atoms with Gasteiger partial charge in [0.15, 0.2) is 11.9 Å². The molecular formula is C13H10F6O3. The van der Waals surface area contributed by atoms with Crippen molar-refractivity contribution in [2.75, 3.05) is 7.11 Å². The Bertz CT molecular complexity index is 592. The lowest BCUT2D eigenvalue weighted by Gasteiger charge is -2.25. The molecule has 3 nitrogen and oxygen atoms in total. The van der Waals surface area contributed by atoms with Crippen molar-refractivity contribution in [3.05, 3.63) is 34.9 Å². The van der Waals surface area contributed by atoms with Gasteiger partial charge in [-0.05, 0) is 17.7 Å². The number of carbonyl (C=O) groups excluding carboxylic acids is 1. The minimum atomic E-state index is -4.94. The maximum absolute atomic E-state index is 12.8. The number of fused-ring (bicyclic) bond motifs is 1. The standard InChI is InChI=1S/C13H10F6O3/c1-22-11(13(17,18)19)8-9(20)6-3-2-5(12(14,15)16)4-7(6)10(8)21/h2-4,8,10-11,21H,1H3. The molecule has 0 saturated heterocycles. The van der Waals surface area contributed by atoms with Crippen molar-refractivity contribution in [3.8, 4) is 0 Å². The Kier molecular flexibility index (Phi) is 3.99. The molecule has 0 saturated carbocycles. The number of alkyl halides is 6. The molecule has 0 spiro atoms. The van der Waals surface area contributed by atoms with Crippen molar-refractivity contribution in [1.82, 2.24) is 0 Å². The molecule has 0 aromatic heterocycles. The van der Waals surface area contributed by atoms with Gasteiger partial charge in [0.25, 0.3) is 0 Å². The summed E-state index contributed by atoms with van der Waals surface area (Å²) in [7, 11) is 0.711. The van der Waals surface area contributed by atoms with E-state index < -0.39 is 47.4 Å². The van der Waals surface area contributed by atoms with Gasteiger partial charge >= 0.3 is 12.4 Å². The highest BCUT2D eigenvalue weighted by Gasteiger charge is 2.54. The molecule has 0 radical (unpaired) electrons. The second-order valence-corrected chi connectivity index (χ2v) is 4.83. The number of hydrogen-bond acceptors (Lipinski definition) is 3. The van der Waals surface area contributed by atoms with Crippen LogP contribution in [-0.4, -0.2) is 30.3 Å². The molecule has 1 aromatic rings. The number of halogens is 6. The average Bonchev–Trinajstić information content (AvgIpc) is 2.62. The number of aliphatic hydroxyl groups excluding tert-OH is 1. The van der Waals surface area contributed by atoms with Gasteiger partial charge in [-0.3, -0.25) is 4.79 Å². The molecule has 1 aromatic carbocycles. The van der Waals surface area contributed by atoms with Gasteiger partial charge in [0.1, 0.15) is 0 Å². The fourth-order valence-corrected chi connectivity index (χ4v) is 2.51. The summed E-state index contributed by atoms with van der Waals surface area (Å²) in [6.45, 7) is 0. The third-order valence-corrected chi connectivity index (χ3v) is 3.51. The Morgan fingerprint density at radius 2 is 1.77 bits per heavy atom. The van der Waals surface area contributed by atoms with Crippen LogP contribution in [0.4, 0.5) is 26.3 Å². The van der Waals surface area contributed by atoms with Crippen LogP contribution in [0, 0.1) is 5.92 Å². The van der Waals surface area contributed by atoms with E-state index in [0.29, 0.717) is 19.2 Å². The monoisotopic (exact) mass is 328 g/mol. The second-order valence-electron chi connectivity index (χ2n) is 4.83. The third kappa shape index (κ3) is 2.70. The van der Waals surface area contributed by atoms with E-state index in [0.717, 1.165) is 6.07 Å². The summed E-state index contributed by atoms with van der Waals surface area (Å²) in [4.78, 5) is 12.0. The highest BCUT2D eigenvalue weighted by atomic mass is 19.4. The minimum absolute atomic E-state index is 0.364. The van der Waals surface area contributed by atoms with Crippen LogP contribution in [-0.2, 0) is 10.9 Å². The first-order chi connectivity index (χ1) is 9.98. The van der Waals surface area contributed by atoms with Crippen molar-refractivity contribution in [2.24, 2.45) is 5.92 Å². The van der Waals surface area contributed by atoms with Gasteiger partial charge in [-0.2, -0.15) is 26.3 Å². The Morgan fingerprint density at radius 1 is 1.18 bits per heavy atom. The van der Waals surface area contributed by atoms with Crippen molar-refractivity contribution in [3.63, 3.8) is 0 Å². The predicted octanol–water partition coefficient (Wildman–Crippen LogP) is 3.13. The van der Waals surface area contributed by atoms with Crippen LogP contribution in [0.25, 0.3) is 0 Å². The van der Waals surface area contributed by atoms with Crippen LogP contribution in [0.15, 0.2) is 18.2 Å². The number of ketones is 1. The quantitative estimate of drug-likeness (QED) is 0.849. The van der Waals surface area contributed by atoms with E-state index in [1.165, 1.54) is 0 Å². The van der Waals surface area contributed by atoms with E-state index in [9.17, 15) is 36.2 Å². The van der Waals surface area contributed by atoms with Crippen LogP contribution in [0.3, 0.4) is 0 Å². The molecule has 3 atom stereocenters. The Balaban J connectivity index is 2.47. The first-order valence-electron chi connectivity index (χ1n) is 6.01. The SMILES string of the molecule is COC(C1C(=O)c2ccc(C(F)(F)F)cc2C1O)C(F)(F)F. The molecule has 0 aliphatic heterocycles. The number of carbonyl (C=O) groups is 1. The van der Waals surface area contributed by atoms with Crippen LogP contribution in [0.1, 0.15) is 27.6 Å². The molecule has 1 aliphatic rings. The zero-order valence-electron chi connectivity index (χ0n) is 11.0. The molecule has 0 fully saturated rings. The van der Waals surface area contributed by atoms with Crippen LogP contribution >= 0.6 is 0 Å². The summed E-state index contributed by atoms with van der Waals surface area (Å²) in [6.07, 6.45) is -14.3. The van der Waals surface area contributed by atoms with Crippen LogP contribution in [0.5, 0.6) is 0 Å². The number of rotatable bonds is 2. The van der Waals surface area contributed by atoms with E-state index in [1.54, 1.807) is 0 Å². The highest BCUT2D eigenvalue weighted by molar-refractivity contribution is 6.03. The molecule has 0 bridgehead atoms. The smallest absolute Gasteiger partial charge is 0.388 e. The normalized spacial score (nSPS) is 23.5. The average molecular weight is 328 g/mol. The molecule has 22 heavy (non-hydrogen) atoms. The molecule has 0 heterocycles. The largest absolute Gasteiger partial charge is 0.416 e. The molecule has 1 N–H and O–H groups in total. The summed E-state index contributed by atoms with van der Waals surface area (Å²) in [6, 6.07) is 1.84. The number of methoxy groups -OCH3 is 1. The zero-order valence-corrected chi connectivity index (χ0v) is 11.0. The lowest BCUT2D eigenvalue weighted by atomic mass is 9.95. The number of ether oxygens (including phenoxy) is 1. The number of benzene rings is 1. The Labute approximate surface area is 120 Å². The summed E-state index contributed by atoms with van der Waals surface area (Å²) in [5, 5.41) is 9.90. The Hall–Kier alpha value is -1.61. The number of aliphatic hydroxyl groups is 1. The first kappa shape index (κ1) is 16.8. The van der Waals surface area contributed by atoms with E-state index in [4.69, 9.17) is 0 Å². The Morgan fingerprint density at radius 3 is 2.23 bits per heavy atom. The van der Waals surface area contributed by atoms with E-state index >= 15 is 0 Å². The van der Waals surface area contributed by atoms with Gasteiger partial charge < -0.3 is 9.84 Å². The summed E-state index contributed by atoms with van der Waals surface area (Å²) in [5.74, 6) is -3.12. The maximum Gasteiger partial charge on any atom is 0.416 e. The predicted molar refractivity (Wildman–Crippen MR) is 61.1 cm³/mol. The van der Waals surface area contributed by atoms with Gasteiger partial charge in [0.05, 0.1) is 17.6 Å². The molecule has 0 amide bonds. The van der Waals surface area contributed by atoms with Gasteiger partial charge in [-0.25, -0.2) is 0 Å². The molecular weight excluding hydrogens is 318 g/mol. The summed E-state index contributed by atoms with van der Waals surface area (Å²) >= 11 is 0. The van der Waals surface area contributed by atoms with Crippen molar-refractivity contribution in [2.45, 2.75) is 24.6 Å². The fraction of sp³-hybridized carbons (Fsp3) is 0.462. The number of Topliss-reactive ketones (excluding diaryl/α,β-unsaturated/α-hetero) is 1.